The van der Waals surface area contributed by atoms with Crippen LogP contribution in [-0.2, 0) is 15.2 Å². The first-order chi connectivity index (χ1) is 19.5. The van der Waals surface area contributed by atoms with Crippen LogP contribution in [0.4, 0.5) is 10.1 Å². The molecule has 2 N–H and O–H groups in total. The number of rotatable bonds is 6. The van der Waals surface area contributed by atoms with Crippen molar-refractivity contribution < 1.29 is 23.9 Å². The lowest BCUT2D eigenvalue weighted by Crippen LogP contribution is -2.61. The van der Waals surface area contributed by atoms with E-state index in [1.807, 2.05) is 6.07 Å². The van der Waals surface area contributed by atoms with Crippen molar-refractivity contribution in [2.75, 3.05) is 57.7 Å². The summed E-state index contributed by atoms with van der Waals surface area (Å²) in [6.45, 7) is 7.81. The van der Waals surface area contributed by atoms with Crippen molar-refractivity contribution in [1.29, 1.82) is 0 Å². The quantitative estimate of drug-likeness (QED) is 0.541. The molecule has 0 spiro atoms. The van der Waals surface area contributed by atoms with Crippen LogP contribution in [0.2, 0.25) is 5.02 Å². The maximum atomic E-state index is 13.7. The average molecular weight is 586 g/mol. The van der Waals surface area contributed by atoms with Crippen LogP contribution >= 0.6 is 11.6 Å². The molecule has 3 aliphatic heterocycles. The molecule has 3 heterocycles. The number of hydrogen-bond acceptors (Lipinski definition) is 6. The van der Waals surface area contributed by atoms with Crippen molar-refractivity contribution >= 4 is 35.0 Å². The summed E-state index contributed by atoms with van der Waals surface area (Å²) in [6, 6.07) is 11.6. The summed E-state index contributed by atoms with van der Waals surface area (Å²) >= 11 is 6.50. The van der Waals surface area contributed by atoms with Crippen LogP contribution in [0.3, 0.4) is 0 Å². The number of likely N-dealkylation sites (tertiary alicyclic amines) is 2. The Morgan fingerprint density at radius 2 is 1.61 bits per heavy atom. The maximum absolute atomic E-state index is 13.7. The predicted molar refractivity (Wildman–Crippen MR) is 154 cm³/mol. The first-order valence-electron chi connectivity index (χ1n) is 14.2. The molecule has 3 fully saturated rings. The van der Waals surface area contributed by atoms with Gasteiger partial charge in [0.15, 0.2) is 5.60 Å². The van der Waals surface area contributed by atoms with E-state index >= 15 is 0 Å². The molecule has 41 heavy (non-hydrogen) atoms. The molecule has 0 bridgehead atoms. The number of piperazine rings is 1. The summed E-state index contributed by atoms with van der Waals surface area (Å²) in [5.41, 5.74) is -0.197. The molecule has 0 radical (unpaired) electrons. The van der Waals surface area contributed by atoms with Crippen LogP contribution in [0.25, 0.3) is 0 Å². The lowest BCUT2D eigenvalue weighted by molar-refractivity contribution is -0.152. The average Bonchev–Trinajstić information content (AvgIpc) is 2.94. The van der Waals surface area contributed by atoms with Gasteiger partial charge < -0.3 is 25.1 Å². The van der Waals surface area contributed by atoms with Crippen LogP contribution in [0.1, 0.15) is 42.6 Å². The van der Waals surface area contributed by atoms with Crippen LogP contribution in [0, 0.1) is 5.82 Å². The number of piperidine rings is 1. The van der Waals surface area contributed by atoms with Crippen molar-refractivity contribution in [2.45, 2.75) is 44.4 Å². The number of benzene rings is 2. The van der Waals surface area contributed by atoms with Gasteiger partial charge in [-0.05, 0) is 55.7 Å². The third-order valence-corrected chi connectivity index (χ3v) is 8.88. The third kappa shape index (κ3) is 6.34. The Morgan fingerprint density at radius 1 is 0.951 bits per heavy atom. The number of halogens is 2. The summed E-state index contributed by atoms with van der Waals surface area (Å²) in [5.74, 6) is -0.987. The fraction of sp³-hybridized carbons (Fsp3) is 0.500. The van der Waals surface area contributed by atoms with Crippen LogP contribution in [0.15, 0.2) is 42.5 Å². The molecule has 5 rings (SSSR count). The van der Waals surface area contributed by atoms with E-state index < -0.39 is 17.3 Å². The highest BCUT2D eigenvalue weighted by Crippen LogP contribution is 2.29. The molecule has 0 aliphatic carbocycles. The van der Waals surface area contributed by atoms with Crippen molar-refractivity contribution in [1.82, 2.24) is 19.6 Å². The van der Waals surface area contributed by atoms with Gasteiger partial charge in [0.2, 0.25) is 5.91 Å². The molecule has 0 aromatic heterocycles. The molecule has 2 aromatic rings. The van der Waals surface area contributed by atoms with Gasteiger partial charge >= 0.3 is 0 Å². The van der Waals surface area contributed by atoms with E-state index in [2.05, 4.69) is 10.2 Å². The Morgan fingerprint density at radius 3 is 2.22 bits per heavy atom. The number of hydrogen-bond donors (Lipinski definition) is 2. The van der Waals surface area contributed by atoms with E-state index in [1.165, 1.54) is 32.0 Å². The minimum Gasteiger partial charge on any atom is -0.380 e. The van der Waals surface area contributed by atoms with Gasteiger partial charge in [0.05, 0.1) is 16.6 Å². The second kappa shape index (κ2) is 12.0. The van der Waals surface area contributed by atoms with E-state index in [1.54, 1.807) is 32.9 Å². The van der Waals surface area contributed by atoms with Gasteiger partial charge in [0, 0.05) is 71.0 Å². The Bertz CT molecular complexity index is 1300. The zero-order chi connectivity index (χ0) is 29.3. The van der Waals surface area contributed by atoms with Crippen molar-refractivity contribution in [3.63, 3.8) is 0 Å². The Kier molecular flexibility index (Phi) is 8.54. The number of carbonyl (C=O) groups is 3. The molecule has 3 aliphatic rings. The molecule has 1 atom stereocenters. The first kappa shape index (κ1) is 29.3. The molecular formula is C30H37ClFN5O4. The second-order valence-electron chi connectivity index (χ2n) is 11.4. The highest BCUT2D eigenvalue weighted by atomic mass is 35.5. The van der Waals surface area contributed by atoms with E-state index in [0.29, 0.717) is 55.9 Å². The van der Waals surface area contributed by atoms with Gasteiger partial charge in [-0.25, -0.2) is 4.39 Å². The maximum Gasteiger partial charge on any atom is 0.258 e. The second-order valence-corrected chi connectivity index (χ2v) is 11.8. The minimum atomic E-state index is -1.77. The zero-order valence-electron chi connectivity index (χ0n) is 23.5. The topological polar surface area (TPSA) is 96.4 Å². The van der Waals surface area contributed by atoms with Crippen molar-refractivity contribution in [3.05, 3.63) is 64.4 Å². The Hall–Kier alpha value is -3.21. The molecule has 220 valence electrons. The Labute approximate surface area is 244 Å². The fourth-order valence-electron chi connectivity index (χ4n) is 5.97. The summed E-state index contributed by atoms with van der Waals surface area (Å²) in [7, 11) is 0. The first-order valence-corrected chi connectivity index (χ1v) is 14.5. The SMILES string of the molecule is CC(=O)N1CCN(C(=O)c2ccc(NC3CN(C4CCN(C(=O)[C@@](C)(O)c5cccc(F)c5)CC4)C3)cc2Cl)CC1. The summed E-state index contributed by atoms with van der Waals surface area (Å²) in [6.07, 6.45) is 1.61. The Balaban J connectivity index is 1.07. The smallest absolute Gasteiger partial charge is 0.258 e. The van der Waals surface area contributed by atoms with Gasteiger partial charge in [-0.15, -0.1) is 0 Å². The number of aliphatic hydroxyl groups is 1. The van der Waals surface area contributed by atoms with Crippen LogP contribution in [-0.4, -0.2) is 107 Å². The van der Waals surface area contributed by atoms with Gasteiger partial charge in [-0.3, -0.25) is 19.3 Å². The molecule has 9 nitrogen and oxygen atoms in total. The van der Waals surface area contributed by atoms with Crippen LogP contribution < -0.4 is 5.32 Å². The minimum absolute atomic E-state index is 0.0209. The van der Waals surface area contributed by atoms with Gasteiger partial charge in [-0.2, -0.15) is 0 Å². The van der Waals surface area contributed by atoms with Gasteiger partial charge in [0.25, 0.3) is 11.8 Å². The summed E-state index contributed by atoms with van der Waals surface area (Å²) in [4.78, 5) is 45.1. The summed E-state index contributed by atoms with van der Waals surface area (Å²) < 4.78 is 13.7. The highest BCUT2D eigenvalue weighted by molar-refractivity contribution is 6.34. The number of carbonyl (C=O) groups excluding carboxylic acids is 3. The number of amides is 3. The zero-order valence-corrected chi connectivity index (χ0v) is 24.2. The fourth-order valence-corrected chi connectivity index (χ4v) is 6.23. The third-order valence-electron chi connectivity index (χ3n) is 8.56. The normalized spacial score (nSPS) is 20.4. The summed E-state index contributed by atoms with van der Waals surface area (Å²) in [5, 5.41) is 14.8. The molecular weight excluding hydrogens is 549 g/mol. The number of nitrogens with zero attached hydrogens (tertiary/aromatic N) is 4. The van der Waals surface area contributed by atoms with Crippen LogP contribution in [0.5, 0.6) is 0 Å². The van der Waals surface area contributed by atoms with E-state index in [4.69, 9.17) is 11.6 Å². The van der Waals surface area contributed by atoms with Crippen molar-refractivity contribution in [2.24, 2.45) is 0 Å². The predicted octanol–water partition coefficient (Wildman–Crippen LogP) is 2.78. The van der Waals surface area contributed by atoms with Gasteiger partial charge in [0.1, 0.15) is 5.82 Å². The lowest BCUT2D eigenvalue weighted by atomic mass is 9.92. The molecule has 3 amide bonds. The van der Waals surface area contributed by atoms with E-state index in [9.17, 15) is 23.9 Å². The monoisotopic (exact) mass is 585 g/mol. The molecule has 3 saturated heterocycles. The molecule has 11 heteroatoms. The lowest BCUT2D eigenvalue weighted by Gasteiger charge is -2.48. The van der Waals surface area contributed by atoms with E-state index in [0.717, 1.165) is 31.6 Å². The molecule has 0 saturated carbocycles. The molecule has 2 aromatic carbocycles. The number of anilines is 1. The largest absolute Gasteiger partial charge is 0.380 e. The van der Waals surface area contributed by atoms with Gasteiger partial charge in [-0.1, -0.05) is 23.7 Å². The standard InChI is InChI=1S/C30H37ClFN5O4/c1-20(38)34-12-14-35(15-13-34)28(39)26-7-6-23(17-27(26)31)33-24-18-37(19-24)25-8-10-36(11-9-25)29(40)30(2,41)21-4-3-5-22(32)16-21/h3-7,16-17,24-25,33,41H,8-15,18-19H2,1-2H3/t30-/m0/s1. The molecule has 0 unspecified atom stereocenters. The van der Waals surface area contributed by atoms with E-state index in [-0.39, 0.29) is 23.4 Å². The van der Waals surface area contributed by atoms with Crippen molar-refractivity contribution in [3.8, 4) is 0 Å². The highest BCUT2D eigenvalue weighted by Gasteiger charge is 2.40. The number of nitrogens with one attached hydrogen (secondary N) is 1.